The van der Waals surface area contributed by atoms with Gasteiger partial charge in [0.05, 0.1) is 0 Å². The molecule has 1 N–H and O–H groups in total. The summed E-state index contributed by atoms with van der Waals surface area (Å²) < 4.78 is 5.98. The van der Waals surface area contributed by atoms with Crippen LogP contribution in [0, 0.1) is 5.92 Å². The Labute approximate surface area is 133 Å². The minimum absolute atomic E-state index is 0.217. The molecule has 0 saturated heterocycles. The smallest absolute Gasteiger partial charge is 0.134 e. The Hall–Kier alpha value is -1.70. The van der Waals surface area contributed by atoms with Crippen LogP contribution in [0.2, 0.25) is 0 Å². The Kier molecular flexibility index (Phi) is 4.28. The van der Waals surface area contributed by atoms with Gasteiger partial charge in [-0.3, -0.25) is 0 Å². The highest BCUT2D eigenvalue weighted by Gasteiger charge is 2.36. The van der Waals surface area contributed by atoms with Crippen LogP contribution in [-0.2, 0) is 6.42 Å². The minimum atomic E-state index is 0.217. The molecule has 0 amide bonds. The molecule has 22 heavy (non-hydrogen) atoms. The SMILES string of the molecule is C=C1Oc2cc(CCCCC)cc(O)c2C2C=C(C)CC[C@@H]12. The maximum Gasteiger partial charge on any atom is 0.134 e. The molecular formula is C20H26O2. The molecule has 118 valence electrons. The molecule has 1 aromatic carbocycles. The van der Waals surface area contributed by atoms with Crippen molar-refractivity contribution in [3.8, 4) is 11.5 Å². The van der Waals surface area contributed by atoms with E-state index in [-0.39, 0.29) is 5.92 Å². The van der Waals surface area contributed by atoms with E-state index in [0.717, 1.165) is 48.3 Å². The topological polar surface area (TPSA) is 29.5 Å². The fourth-order valence-electron chi connectivity index (χ4n) is 3.74. The Bertz CT molecular complexity index is 612. The van der Waals surface area contributed by atoms with E-state index in [1.165, 1.54) is 18.4 Å². The van der Waals surface area contributed by atoms with Crippen molar-refractivity contribution in [2.24, 2.45) is 5.92 Å². The first kappa shape index (κ1) is 15.2. The standard InChI is InChI=1S/C20H26O2/c1-4-5-6-7-15-11-18(21)20-17-10-13(2)8-9-16(17)14(3)22-19(20)12-15/h10-12,16-17,21H,3-9H2,1-2H3/t16-,17?/m0/s1. The average Bonchev–Trinajstić information content (AvgIpc) is 2.46. The first-order chi connectivity index (χ1) is 10.6. The van der Waals surface area contributed by atoms with E-state index in [1.54, 1.807) is 0 Å². The van der Waals surface area contributed by atoms with Crippen LogP contribution < -0.4 is 4.74 Å². The molecule has 2 heteroatoms. The van der Waals surface area contributed by atoms with Gasteiger partial charge in [-0.1, -0.05) is 38.0 Å². The quantitative estimate of drug-likeness (QED) is 0.590. The van der Waals surface area contributed by atoms with Crippen molar-refractivity contribution in [3.63, 3.8) is 0 Å². The lowest BCUT2D eigenvalue weighted by Crippen LogP contribution is -2.25. The molecule has 0 fully saturated rings. The van der Waals surface area contributed by atoms with Crippen molar-refractivity contribution in [1.82, 2.24) is 0 Å². The number of unbranched alkanes of at least 4 members (excludes halogenated alkanes) is 2. The molecule has 1 aliphatic carbocycles. The molecule has 3 rings (SSSR count). The zero-order valence-electron chi connectivity index (χ0n) is 13.7. The summed E-state index contributed by atoms with van der Waals surface area (Å²) in [6, 6.07) is 4.03. The average molecular weight is 298 g/mol. The molecule has 0 bridgehead atoms. The summed E-state index contributed by atoms with van der Waals surface area (Å²) in [6.07, 6.45) is 9.01. The minimum Gasteiger partial charge on any atom is -0.507 e. The maximum atomic E-state index is 10.6. The number of aromatic hydroxyl groups is 1. The van der Waals surface area contributed by atoms with Crippen molar-refractivity contribution in [2.45, 2.75) is 58.3 Å². The lowest BCUT2D eigenvalue weighted by Gasteiger charge is -2.37. The third-order valence-corrected chi connectivity index (χ3v) is 4.98. The molecule has 1 heterocycles. The summed E-state index contributed by atoms with van der Waals surface area (Å²) in [7, 11) is 0. The zero-order chi connectivity index (χ0) is 15.7. The lowest BCUT2D eigenvalue weighted by molar-refractivity contribution is 0.275. The second-order valence-electron chi connectivity index (χ2n) is 6.74. The molecule has 2 aliphatic rings. The first-order valence-electron chi connectivity index (χ1n) is 8.50. The third-order valence-electron chi connectivity index (χ3n) is 4.98. The van der Waals surface area contributed by atoms with E-state index >= 15 is 0 Å². The molecule has 1 unspecified atom stereocenters. The predicted molar refractivity (Wildman–Crippen MR) is 90.3 cm³/mol. The number of ether oxygens (including phenoxy) is 1. The van der Waals surface area contributed by atoms with E-state index in [9.17, 15) is 5.11 Å². The Morgan fingerprint density at radius 2 is 2.14 bits per heavy atom. The van der Waals surface area contributed by atoms with Crippen molar-refractivity contribution < 1.29 is 9.84 Å². The summed E-state index contributed by atoms with van der Waals surface area (Å²) in [5, 5.41) is 10.6. The van der Waals surface area contributed by atoms with Crippen LogP contribution in [0.4, 0.5) is 0 Å². The van der Waals surface area contributed by atoms with Crippen LogP contribution in [0.25, 0.3) is 0 Å². The molecule has 1 aliphatic heterocycles. The molecule has 0 saturated carbocycles. The normalized spacial score (nSPS) is 23.4. The zero-order valence-corrected chi connectivity index (χ0v) is 13.7. The number of hydrogen-bond donors (Lipinski definition) is 1. The van der Waals surface area contributed by atoms with Gasteiger partial charge < -0.3 is 9.84 Å². The fourth-order valence-corrected chi connectivity index (χ4v) is 3.74. The van der Waals surface area contributed by atoms with Crippen LogP contribution in [0.3, 0.4) is 0 Å². The number of rotatable bonds is 4. The summed E-state index contributed by atoms with van der Waals surface area (Å²) in [4.78, 5) is 0. The van der Waals surface area contributed by atoms with Crippen molar-refractivity contribution in [3.05, 3.63) is 47.2 Å². The van der Waals surface area contributed by atoms with Crippen molar-refractivity contribution in [1.29, 1.82) is 0 Å². The van der Waals surface area contributed by atoms with E-state index < -0.39 is 0 Å². The van der Waals surface area contributed by atoms with Gasteiger partial charge in [0.15, 0.2) is 0 Å². The van der Waals surface area contributed by atoms with E-state index in [2.05, 4.69) is 32.6 Å². The van der Waals surface area contributed by atoms with E-state index in [1.807, 2.05) is 6.07 Å². The van der Waals surface area contributed by atoms with Gasteiger partial charge >= 0.3 is 0 Å². The number of aryl methyl sites for hydroxylation is 1. The van der Waals surface area contributed by atoms with Gasteiger partial charge in [0.1, 0.15) is 17.3 Å². The first-order valence-corrected chi connectivity index (χ1v) is 8.50. The number of hydrogen-bond acceptors (Lipinski definition) is 2. The number of allylic oxidation sites excluding steroid dienone is 3. The largest absolute Gasteiger partial charge is 0.507 e. The van der Waals surface area contributed by atoms with E-state index in [0.29, 0.717) is 11.7 Å². The van der Waals surface area contributed by atoms with Crippen molar-refractivity contribution in [2.75, 3.05) is 0 Å². The maximum absolute atomic E-state index is 10.6. The van der Waals surface area contributed by atoms with Crippen LogP contribution in [0.15, 0.2) is 36.1 Å². The summed E-state index contributed by atoms with van der Waals surface area (Å²) in [6.45, 7) is 8.50. The predicted octanol–water partition coefficient (Wildman–Crippen LogP) is 5.47. The van der Waals surface area contributed by atoms with E-state index in [4.69, 9.17) is 4.74 Å². The van der Waals surface area contributed by atoms with Gasteiger partial charge in [-0.05, 0) is 50.3 Å². The molecule has 2 nitrogen and oxygen atoms in total. The molecule has 0 aromatic heterocycles. The van der Waals surface area contributed by atoms with Gasteiger partial charge in [0, 0.05) is 17.4 Å². The second-order valence-corrected chi connectivity index (χ2v) is 6.74. The molecule has 0 radical (unpaired) electrons. The molecule has 2 atom stereocenters. The van der Waals surface area contributed by atoms with Crippen LogP contribution in [0.1, 0.15) is 63.0 Å². The number of phenols is 1. The van der Waals surface area contributed by atoms with Crippen LogP contribution in [-0.4, -0.2) is 5.11 Å². The third kappa shape index (κ3) is 2.79. The Balaban J connectivity index is 1.95. The van der Waals surface area contributed by atoms with Crippen LogP contribution >= 0.6 is 0 Å². The molecular weight excluding hydrogens is 272 g/mol. The highest BCUT2D eigenvalue weighted by Crippen LogP contribution is 2.51. The van der Waals surface area contributed by atoms with Gasteiger partial charge in [-0.15, -0.1) is 0 Å². The van der Waals surface area contributed by atoms with Gasteiger partial charge in [0.25, 0.3) is 0 Å². The highest BCUT2D eigenvalue weighted by atomic mass is 16.5. The van der Waals surface area contributed by atoms with Gasteiger partial charge in [0.2, 0.25) is 0 Å². The van der Waals surface area contributed by atoms with Gasteiger partial charge in [-0.2, -0.15) is 0 Å². The van der Waals surface area contributed by atoms with Crippen molar-refractivity contribution >= 4 is 0 Å². The molecule has 0 spiro atoms. The summed E-state index contributed by atoms with van der Waals surface area (Å²) in [5.74, 6) is 2.57. The Morgan fingerprint density at radius 1 is 1.32 bits per heavy atom. The van der Waals surface area contributed by atoms with Gasteiger partial charge in [-0.25, -0.2) is 0 Å². The number of fused-ring (bicyclic) bond motifs is 3. The number of phenolic OH excluding ortho intramolecular Hbond substituents is 1. The Morgan fingerprint density at radius 3 is 2.91 bits per heavy atom. The fraction of sp³-hybridized carbons (Fsp3) is 0.500. The summed E-state index contributed by atoms with van der Waals surface area (Å²) in [5.41, 5.74) is 3.51. The highest BCUT2D eigenvalue weighted by molar-refractivity contribution is 5.54. The lowest BCUT2D eigenvalue weighted by atomic mass is 9.74. The second kappa shape index (κ2) is 6.20. The molecule has 1 aromatic rings. The number of benzene rings is 1. The summed E-state index contributed by atoms with van der Waals surface area (Å²) >= 11 is 0. The van der Waals surface area contributed by atoms with Crippen LogP contribution in [0.5, 0.6) is 11.5 Å². The monoisotopic (exact) mass is 298 g/mol.